The number of hydrogen-bond donors (Lipinski definition) is 0. The van der Waals surface area contributed by atoms with Gasteiger partial charge in [0, 0.05) is 12.1 Å². The summed E-state index contributed by atoms with van der Waals surface area (Å²) in [5.41, 5.74) is 3.07. The number of carbonyl (C=O) groups is 1. The van der Waals surface area contributed by atoms with E-state index < -0.39 is 5.97 Å². The van der Waals surface area contributed by atoms with Gasteiger partial charge in [0.25, 0.3) is 0 Å². The summed E-state index contributed by atoms with van der Waals surface area (Å²) in [6.45, 7) is 1.98. The van der Waals surface area contributed by atoms with Gasteiger partial charge >= 0.3 is 5.97 Å². The van der Waals surface area contributed by atoms with Gasteiger partial charge < -0.3 is 9.47 Å². The summed E-state index contributed by atoms with van der Waals surface area (Å²) in [5, 5.41) is 1.01. The number of aryl methyl sites for hydroxylation is 1. The van der Waals surface area contributed by atoms with E-state index in [1.165, 1.54) is 7.11 Å². The summed E-state index contributed by atoms with van der Waals surface area (Å²) in [5.74, 6) is 0.354. The zero-order chi connectivity index (χ0) is 16.4. The van der Waals surface area contributed by atoms with Gasteiger partial charge in [-0.25, -0.2) is 14.8 Å². The standard InChI is InChI=1S/C17H16N2O3S/c1-10-18-16-11(8-13(21-2)9-15(16)23-10)7-12-5-4-6-14(19-12)17(20)22-3/h4-6,8-9H,7H2,1-3H3. The predicted octanol–water partition coefficient (Wildman–Crippen LogP) is 3.39. The maximum atomic E-state index is 11.6. The van der Waals surface area contributed by atoms with Gasteiger partial charge in [-0.15, -0.1) is 11.3 Å². The maximum Gasteiger partial charge on any atom is 0.356 e. The number of fused-ring (bicyclic) bond motifs is 1. The Kier molecular flexibility index (Phi) is 4.25. The second-order valence-electron chi connectivity index (χ2n) is 5.05. The molecule has 3 rings (SSSR count). The average Bonchev–Trinajstić information content (AvgIpc) is 2.94. The molecule has 0 amide bonds. The molecule has 0 unspecified atom stereocenters. The van der Waals surface area contributed by atoms with Gasteiger partial charge in [0.2, 0.25) is 0 Å². The molecule has 5 nitrogen and oxygen atoms in total. The quantitative estimate of drug-likeness (QED) is 0.687. The molecular formula is C17H16N2O3S. The van der Waals surface area contributed by atoms with E-state index >= 15 is 0 Å². The molecule has 0 saturated carbocycles. The second-order valence-corrected chi connectivity index (χ2v) is 6.28. The van der Waals surface area contributed by atoms with E-state index in [0.29, 0.717) is 12.1 Å². The van der Waals surface area contributed by atoms with Crippen LogP contribution in [0.4, 0.5) is 0 Å². The molecule has 0 aliphatic heterocycles. The number of ether oxygens (including phenoxy) is 2. The molecule has 6 heteroatoms. The highest BCUT2D eigenvalue weighted by Gasteiger charge is 2.12. The molecule has 118 valence electrons. The van der Waals surface area contributed by atoms with Crippen molar-refractivity contribution >= 4 is 27.5 Å². The number of hydrogen-bond acceptors (Lipinski definition) is 6. The Morgan fingerprint density at radius 1 is 1.22 bits per heavy atom. The fourth-order valence-electron chi connectivity index (χ4n) is 2.43. The lowest BCUT2D eigenvalue weighted by atomic mass is 10.1. The number of thiazole rings is 1. The fraction of sp³-hybridized carbons (Fsp3) is 0.235. The molecule has 0 atom stereocenters. The van der Waals surface area contributed by atoms with Crippen molar-refractivity contribution in [1.82, 2.24) is 9.97 Å². The molecule has 0 aliphatic carbocycles. The van der Waals surface area contributed by atoms with E-state index in [2.05, 4.69) is 9.97 Å². The summed E-state index contributed by atoms with van der Waals surface area (Å²) in [6, 6.07) is 9.29. The minimum Gasteiger partial charge on any atom is -0.497 e. The van der Waals surface area contributed by atoms with Crippen molar-refractivity contribution < 1.29 is 14.3 Å². The van der Waals surface area contributed by atoms with Crippen LogP contribution in [0.15, 0.2) is 30.3 Å². The molecular weight excluding hydrogens is 312 g/mol. The highest BCUT2D eigenvalue weighted by molar-refractivity contribution is 7.18. The SMILES string of the molecule is COC(=O)c1cccc(Cc2cc(OC)cc3sc(C)nc23)n1. The third-order valence-corrected chi connectivity index (χ3v) is 4.38. The Morgan fingerprint density at radius 3 is 2.78 bits per heavy atom. The highest BCUT2D eigenvalue weighted by Crippen LogP contribution is 2.30. The molecule has 2 aromatic heterocycles. The first-order valence-corrected chi connectivity index (χ1v) is 7.90. The number of nitrogens with zero attached hydrogens (tertiary/aromatic N) is 2. The zero-order valence-electron chi connectivity index (χ0n) is 13.1. The molecule has 0 aliphatic rings. The molecule has 0 fully saturated rings. The van der Waals surface area contributed by atoms with Gasteiger partial charge in [-0.1, -0.05) is 6.07 Å². The van der Waals surface area contributed by atoms with E-state index in [1.807, 2.05) is 25.1 Å². The number of methoxy groups -OCH3 is 2. The topological polar surface area (TPSA) is 61.3 Å². The van der Waals surface area contributed by atoms with E-state index in [4.69, 9.17) is 9.47 Å². The molecule has 0 N–H and O–H groups in total. The zero-order valence-corrected chi connectivity index (χ0v) is 13.9. The number of aromatic nitrogens is 2. The number of esters is 1. The van der Waals surface area contributed by atoms with Gasteiger partial charge in [-0.05, 0) is 36.8 Å². The molecule has 0 spiro atoms. The lowest BCUT2D eigenvalue weighted by Gasteiger charge is -2.07. The van der Waals surface area contributed by atoms with Gasteiger partial charge in [0.15, 0.2) is 0 Å². The molecule has 2 heterocycles. The average molecular weight is 328 g/mol. The molecule has 23 heavy (non-hydrogen) atoms. The lowest BCUT2D eigenvalue weighted by Crippen LogP contribution is -2.06. The number of rotatable bonds is 4. The van der Waals surface area contributed by atoms with Crippen molar-refractivity contribution in [2.75, 3.05) is 14.2 Å². The van der Waals surface area contributed by atoms with Gasteiger partial charge in [0.1, 0.15) is 11.4 Å². The largest absolute Gasteiger partial charge is 0.497 e. The first-order valence-electron chi connectivity index (χ1n) is 7.09. The Morgan fingerprint density at radius 2 is 2.04 bits per heavy atom. The van der Waals surface area contributed by atoms with Crippen molar-refractivity contribution in [3.8, 4) is 5.75 Å². The Hall–Kier alpha value is -2.47. The lowest BCUT2D eigenvalue weighted by molar-refractivity contribution is 0.0593. The third kappa shape index (κ3) is 3.17. The van der Waals surface area contributed by atoms with Crippen molar-refractivity contribution in [2.45, 2.75) is 13.3 Å². The smallest absolute Gasteiger partial charge is 0.356 e. The van der Waals surface area contributed by atoms with Crippen LogP contribution in [0.5, 0.6) is 5.75 Å². The molecule has 3 aromatic rings. The van der Waals surface area contributed by atoms with E-state index in [1.54, 1.807) is 30.6 Å². The van der Waals surface area contributed by atoms with E-state index in [9.17, 15) is 4.79 Å². The van der Waals surface area contributed by atoms with Crippen LogP contribution in [0.25, 0.3) is 10.2 Å². The van der Waals surface area contributed by atoms with Gasteiger partial charge in [-0.3, -0.25) is 0 Å². The summed E-state index contributed by atoms with van der Waals surface area (Å²) in [6.07, 6.45) is 0.571. The summed E-state index contributed by atoms with van der Waals surface area (Å²) in [4.78, 5) is 20.6. The van der Waals surface area contributed by atoms with Crippen LogP contribution in [0.2, 0.25) is 0 Å². The molecule has 0 radical (unpaired) electrons. The predicted molar refractivity (Wildman–Crippen MR) is 89.3 cm³/mol. The molecule has 1 aromatic carbocycles. The minimum absolute atomic E-state index is 0.304. The molecule has 0 saturated heterocycles. The van der Waals surface area contributed by atoms with Crippen LogP contribution in [0.1, 0.15) is 26.8 Å². The highest BCUT2D eigenvalue weighted by atomic mass is 32.1. The van der Waals surface area contributed by atoms with Gasteiger partial charge in [0.05, 0.1) is 29.4 Å². The van der Waals surface area contributed by atoms with E-state index in [-0.39, 0.29) is 0 Å². The van der Waals surface area contributed by atoms with Crippen LogP contribution < -0.4 is 4.74 Å². The van der Waals surface area contributed by atoms with Crippen molar-refractivity contribution in [2.24, 2.45) is 0 Å². The Labute approximate surface area is 137 Å². The number of pyridine rings is 1. The first-order chi connectivity index (χ1) is 11.1. The fourth-order valence-corrected chi connectivity index (χ4v) is 3.33. The van der Waals surface area contributed by atoms with Crippen molar-refractivity contribution in [3.63, 3.8) is 0 Å². The monoisotopic (exact) mass is 328 g/mol. The second kappa shape index (κ2) is 6.34. The van der Waals surface area contributed by atoms with E-state index in [0.717, 1.165) is 32.2 Å². The number of benzene rings is 1. The number of carbonyl (C=O) groups excluding carboxylic acids is 1. The van der Waals surface area contributed by atoms with Crippen LogP contribution in [0.3, 0.4) is 0 Å². The van der Waals surface area contributed by atoms with Crippen LogP contribution >= 0.6 is 11.3 Å². The summed E-state index contributed by atoms with van der Waals surface area (Å²) in [7, 11) is 3.00. The minimum atomic E-state index is -0.438. The Bertz CT molecular complexity index is 873. The van der Waals surface area contributed by atoms with Crippen LogP contribution in [-0.4, -0.2) is 30.2 Å². The Balaban J connectivity index is 2.02. The van der Waals surface area contributed by atoms with Crippen molar-refractivity contribution in [1.29, 1.82) is 0 Å². The summed E-state index contributed by atoms with van der Waals surface area (Å²) < 4.78 is 11.2. The molecule has 0 bridgehead atoms. The third-order valence-electron chi connectivity index (χ3n) is 3.46. The normalized spacial score (nSPS) is 10.7. The van der Waals surface area contributed by atoms with Crippen LogP contribution in [-0.2, 0) is 11.2 Å². The first kappa shape index (κ1) is 15.4. The summed E-state index contributed by atoms with van der Waals surface area (Å²) >= 11 is 1.63. The van der Waals surface area contributed by atoms with Crippen LogP contribution in [0, 0.1) is 6.92 Å². The van der Waals surface area contributed by atoms with Gasteiger partial charge in [-0.2, -0.15) is 0 Å². The van der Waals surface area contributed by atoms with Crippen molar-refractivity contribution in [3.05, 3.63) is 52.3 Å². The maximum absolute atomic E-state index is 11.6.